The van der Waals surface area contributed by atoms with Gasteiger partial charge in [0.2, 0.25) is 0 Å². The molecule has 0 radical (unpaired) electrons. The molecular weight excluding hydrogens is 498 g/mol. The molecule has 9 heteroatoms. The molecule has 2 heterocycles. The molecule has 1 aliphatic heterocycles. The summed E-state index contributed by atoms with van der Waals surface area (Å²) in [5, 5.41) is 7.82. The van der Waals surface area contributed by atoms with Crippen LogP contribution in [0.15, 0.2) is 79.1 Å². The van der Waals surface area contributed by atoms with E-state index in [2.05, 4.69) is 25.5 Å². The molecule has 0 aliphatic carbocycles. The summed E-state index contributed by atoms with van der Waals surface area (Å²) in [4.78, 5) is 11.2. The summed E-state index contributed by atoms with van der Waals surface area (Å²) < 4.78 is 29.0. The third kappa shape index (κ3) is 7.20. The van der Waals surface area contributed by atoms with Gasteiger partial charge in [0.25, 0.3) is 0 Å². The Morgan fingerprint density at radius 1 is 0.868 bits per heavy atom. The smallest absolute Gasteiger partial charge is 0.152 e. The first-order valence-corrected chi connectivity index (χ1v) is 14.8. The van der Waals surface area contributed by atoms with Gasteiger partial charge in [-0.25, -0.2) is 18.4 Å². The van der Waals surface area contributed by atoms with Crippen LogP contribution in [0.2, 0.25) is 0 Å². The maximum absolute atomic E-state index is 11.6. The largest absolute Gasteiger partial charge is 0.489 e. The minimum atomic E-state index is -2.81. The summed E-state index contributed by atoms with van der Waals surface area (Å²) >= 11 is 0. The van der Waals surface area contributed by atoms with Crippen LogP contribution in [0.4, 0.5) is 17.2 Å². The van der Waals surface area contributed by atoms with Crippen LogP contribution < -0.4 is 15.4 Å². The average Bonchev–Trinajstić information content (AvgIpc) is 2.94. The van der Waals surface area contributed by atoms with Gasteiger partial charge in [0.1, 0.15) is 24.5 Å². The van der Waals surface area contributed by atoms with Crippen molar-refractivity contribution >= 4 is 37.9 Å². The second kappa shape index (κ2) is 12.2. The first kappa shape index (κ1) is 25.9. The minimum Gasteiger partial charge on any atom is -0.489 e. The molecule has 0 saturated carbocycles. The van der Waals surface area contributed by atoms with Gasteiger partial charge in [-0.15, -0.1) is 0 Å². The Labute approximate surface area is 224 Å². The number of hydrogen-bond acceptors (Lipinski definition) is 8. The van der Waals surface area contributed by atoms with Crippen LogP contribution in [0.3, 0.4) is 0 Å². The number of sulfone groups is 1. The molecule has 0 atom stereocenters. The molecule has 8 nitrogen and oxygen atoms in total. The quantitative estimate of drug-likeness (QED) is 0.265. The lowest BCUT2D eigenvalue weighted by Crippen LogP contribution is -2.40. The highest BCUT2D eigenvalue weighted by atomic mass is 32.2. The first-order chi connectivity index (χ1) is 18.5. The summed E-state index contributed by atoms with van der Waals surface area (Å²) in [6.07, 6.45) is 3.63. The van der Waals surface area contributed by atoms with Crippen molar-refractivity contribution in [3.63, 3.8) is 0 Å². The number of ether oxygens (including phenoxy) is 1. The molecule has 1 aromatic heterocycles. The second-order valence-corrected chi connectivity index (χ2v) is 11.8. The maximum Gasteiger partial charge on any atom is 0.152 e. The molecule has 2 N–H and O–H groups in total. The SMILES string of the molecule is O=S1(=O)CCN(CCCCNc2ccc3c(Nc4ccc(OCc5ccccc5)cc4)ncnc3c2)CC1. The molecule has 1 aliphatic rings. The number of hydrogen-bond donors (Lipinski definition) is 2. The van der Waals surface area contributed by atoms with E-state index in [1.807, 2.05) is 72.8 Å². The van der Waals surface area contributed by atoms with Crippen LogP contribution in [0.25, 0.3) is 10.9 Å². The zero-order chi connectivity index (χ0) is 26.2. The highest BCUT2D eigenvalue weighted by Crippen LogP contribution is 2.26. The molecule has 1 saturated heterocycles. The molecule has 0 spiro atoms. The lowest BCUT2D eigenvalue weighted by atomic mass is 10.2. The fourth-order valence-corrected chi connectivity index (χ4v) is 5.72. The molecule has 0 bridgehead atoms. The topological polar surface area (TPSA) is 96.5 Å². The number of unbranched alkanes of at least 4 members (excludes halogenated alkanes) is 1. The van der Waals surface area contributed by atoms with Gasteiger partial charge in [0, 0.05) is 36.4 Å². The van der Waals surface area contributed by atoms with Crippen LogP contribution in [-0.4, -0.2) is 61.0 Å². The van der Waals surface area contributed by atoms with Crippen molar-refractivity contribution in [1.82, 2.24) is 14.9 Å². The van der Waals surface area contributed by atoms with E-state index in [9.17, 15) is 8.42 Å². The van der Waals surface area contributed by atoms with Crippen LogP contribution >= 0.6 is 0 Å². The van der Waals surface area contributed by atoms with Crippen LogP contribution in [-0.2, 0) is 16.4 Å². The van der Waals surface area contributed by atoms with E-state index in [-0.39, 0.29) is 11.5 Å². The van der Waals surface area contributed by atoms with Crippen molar-refractivity contribution in [2.24, 2.45) is 0 Å². The van der Waals surface area contributed by atoms with Gasteiger partial charge in [-0.1, -0.05) is 30.3 Å². The Kier molecular flexibility index (Phi) is 8.35. The van der Waals surface area contributed by atoms with Crippen molar-refractivity contribution in [1.29, 1.82) is 0 Å². The summed E-state index contributed by atoms with van der Waals surface area (Å²) in [6.45, 7) is 3.64. The van der Waals surface area contributed by atoms with E-state index in [0.717, 1.165) is 65.3 Å². The van der Waals surface area contributed by atoms with Gasteiger partial charge in [-0.2, -0.15) is 0 Å². The Morgan fingerprint density at radius 2 is 1.63 bits per heavy atom. The zero-order valence-electron chi connectivity index (χ0n) is 21.3. The van der Waals surface area contributed by atoms with Gasteiger partial charge < -0.3 is 20.3 Å². The minimum absolute atomic E-state index is 0.287. The molecule has 5 rings (SSSR count). The van der Waals surface area contributed by atoms with Gasteiger partial charge in [0.05, 0.1) is 17.0 Å². The Morgan fingerprint density at radius 3 is 2.42 bits per heavy atom. The fraction of sp³-hybridized carbons (Fsp3) is 0.310. The number of fused-ring (bicyclic) bond motifs is 1. The predicted octanol–water partition coefficient (Wildman–Crippen LogP) is 4.87. The number of anilines is 3. The molecule has 1 fully saturated rings. The van der Waals surface area contributed by atoms with E-state index in [0.29, 0.717) is 19.7 Å². The predicted molar refractivity (Wildman–Crippen MR) is 153 cm³/mol. The third-order valence-electron chi connectivity index (χ3n) is 6.67. The van der Waals surface area contributed by atoms with Gasteiger partial charge >= 0.3 is 0 Å². The number of aromatic nitrogens is 2. The van der Waals surface area contributed by atoms with E-state index in [1.165, 1.54) is 0 Å². The summed E-state index contributed by atoms with van der Waals surface area (Å²) in [5.74, 6) is 2.14. The van der Waals surface area contributed by atoms with Crippen molar-refractivity contribution in [2.45, 2.75) is 19.4 Å². The highest BCUT2D eigenvalue weighted by Gasteiger charge is 2.20. The Hall–Kier alpha value is -3.69. The average molecular weight is 532 g/mol. The summed E-state index contributed by atoms with van der Waals surface area (Å²) in [7, 11) is -2.81. The maximum atomic E-state index is 11.6. The number of benzene rings is 3. The molecule has 38 heavy (non-hydrogen) atoms. The summed E-state index contributed by atoms with van der Waals surface area (Å²) in [6, 6.07) is 24.1. The van der Waals surface area contributed by atoms with Crippen LogP contribution in [0.5, 0.6) is 5.75 Å². The standard InChI is InChI=1S/C29H33N5O3S/c35-38(36)18-16-34(17-19-38)15-5-4-14-30-25-10-13-27-28(20-25)31-22-32-29(27)33-24-8-11-26(12-9-24)37-21-23-6-2-1-3-7-23/h1-3,6-13,20,22,30H,4-5,14-19,21H2,(H,31,32,33). The summed E-state index contributed by atoms with van der Waals surface area (Å²) in [5.41, 5.74) is 3.94. The number of nitrogens with zero attached hydrogens (tertiary/aromatic N) is 3. The Bertz CT molecular complexity index is 1430. The molecule has 0 amide bonds. The third-order valence-corrected chi connectivity index (χ3v) is 8.28. The van der Waals surface area contributed by atoms with Gasteiger partial charge in [0.15, 0.2) is 9.84 Å². The van der Waals surface area contributed by atoms with E-state index >= 15 is 0 Å². The monoisotopic (exact) mass is 531 g/mol. The van der Waals surface area contributed by atoms with Crippen molar-refractivity contribution in [3.05, 3.63) is 84.7 Å². The highest BCUT2D eigenvalue weighted by molar-refractivity contribution is 7.91. The van der Waals surface area contributed by atoms with Crippen molar-refractivity contribution in [3.8, 4) is 5.75 Å². The zero-order valence-corrected chi connectivity index (χ0v) is 22.2. The lowest BCUT2D eigenvalue weighted by Gasteiger charge is -2.26. The fourth-order valence-electron chi connectivity index (χ4n) is 4.45. The molecule has 198 valence electrons. The number of rotatable bonds is 11. The van der Waals surface area contributed by atoms with Gasteiger partial charge in [-0.3, -0.25) is 0 Å². The van der Waals surface area contributed by atoms with Crippen molar-refractivity contribution in [2.75, 3.05) is 48.3 Å². The van der Waals surface area contributed by atoms with E-state index in [1.54, 1.807) is 6.33 Å². The molecule has 0 unspecified atom stereocenters. The van der Waals surface area contributed by atoms with Gasteiger partial charge in [-0.05, 0) is 67.4 Å². The van der Waals surface area contributed by atoms with Crippen molar-refractivity contribution < 1.29 is 13.2 Å². The van der Waals surface area contributed by atoms with E-state index < -0.39 is 9.84 Å². The molecule has 3 aromatic carbocycles. The lowest BCUT2D eigenvalue weighted by molar-refractivity contribution is 0.290. The number of nitrogens with one attached hydrogen (secondary N) is 2. The second-order valence-electron chi connectivity index (χ2n) is 9.51. The molecule has 4 aromatic rings. The first-order valence-electron chi connectivity index (χ1n) is 13.0. The molecular formula is C29H33N5O3S. The normalized spacial score (nSPS) is 15.3. The van der Waals surface area contributed by atoms with Crippen LogP contribution in [0, 0.1) is 0 Å². The van der Waals surface area contributed by atoms with E-state index in [4.69, 9.17) is 4.74 Å². The van der Waals surface area contributed by atoms with Crippen LogP contribution in [0.1, 0.15) is 18.4 Å². The Balaban J connectivity index is 1.11.